The van der Waals surface area contributed by atoms with Crippen LogP contribution in [0, 0.1) is 0 Å². The van der Waals surface area contributed by atoms with Crippen molar-refractivity contribution in [2.75, 3.05) is 13.2 Å². The molecule has 0 amide bonds. The highest BCUT2D eigenvalue weighted by Gasteiger charge is 2.19. The van der Waals surface area contributed by atoms with Crippen LogP contribution in [0.1, 0.15) is 220 Å². The van der Waals surface area contributed by atoms with E-state index >= 15 is 0 Å². The highest BCUT2D eigenvalue weighted by Crippen LogP contribution is 2.15. The van der Waals surface area contributed by atoms with Crippen molar-refractivity contribution in [1.82, 2.24) is 0 Å². The number of allylic oxidation sites excluding steroid dienone is 6. The van der Waals surface area contributed by atoms with Crippen LogP contribution in [0.25, 0.3) is 0 Å². The van der Waals surface area contributed by atoms with Crippen molar-refractivity contribution in [3.8, 4) is 0 Å². The molecule has 0 spiro atoms. The summed E-state index contributed by atoms with van der Waals surface area (Å²) in [7, 11) is 0. The zero-order valence-electron chi connectivity index (χ0n) is 34.3. The van der Waals surface area contributed by atoms with Crippen LogP contribution in [0.15, 0.2) is 36.5 Å². The molecule has 0 saturated heterocycles. The Kier molecular flexibility index (Phi) is 39.5. The maximum atomic E-state index is 12.7. The quantitative estimate of drug-likeness (QED) is 0.0271. The van der Waals surface area contributed by atoms with Crippen molar-refractivity contribution >= 4 is 17.9 Å². The molecule has 0 heterocycles. The van der Waals surface area contributed by atoms with Crippen LogP contribution in [0.4, 0.5) is 0 Å². The average Bonchev–Trinajstić information content (AvgIpc) is 3.14. The first-order valence-corrected chi connectivity index (χ1v) is 22.0. The van der Waals surface area contributed by atoms with Gasteiger partial charge in [-0.3, -0.25) is 14.4 Å². The first-order chi connectivity index (χ1) is 25.5. The summed E-state index contributed by atoms with van der Waals surface area (Å²) in [5, 5.41) is 0. The van der Waals surface area contributed by atoms with E-state index in [1.54, 1.807) is 0 Å². The Morgan fingerprint density at radius 2 is 0.750 bits per heavy atom. The number of hydrogen-bond acceptors (Lipinski definition) is 6. The van der Waals surface area contributed by atoms with E-state index < -0.39 is 6.10 Å². The van der Waals surface area contributed by atoms with E-state index in [2.05, 4.69) is 57.2 Å². The molecule has 0 bridgehead atoms. The maximum Gasteiger partial charge on any atom is 0.306 e. The number of esters is 3. The third-order valence-corrected chi connectivity index (χ3v) is 9.47. The highest BCUT2D eigenvalue weighted by atomic mass is 16.6. The molecule has 0 fully saturated rings. The van der Waals surface area contributed by atoms with E-state index in [1.165, 1.54) is 96.3 Å². The predicted molar refractivity (Wildman–Crippen MR) is 219 cm³/mol. The van der Waals surface area contributed by atoms with Gasteiger partial charge in [0.2, 0.25) is 0 Å². The molecule has 6 nitrogen and oxygen atoms in total. The standard InChI is InChI=1S/C46H82O6/c1-4-7-10-13-16-19-21-23-25-27-30-33-36-39-45(48)51-42-43(41-50-44(47)38-35-32-29-26-18-15-12-9-6-3)52-46(49)40-37-34-31-28-24-22-20-17-14-11-8-5-2/h7,10,13,16,19,21,43H,4-6,8-9,11-12,14-15,17-18,20,22-42H2,1-3H3/b10-7-,16-13-,21-19-. The van der Waals surface area contributed by atoms with E-state index in [0.29, 0.717) is 19.3 Å². The van der Waals surface area contributed by atoms with Gasteiger partial charge >= 0.3 is 17.9 Å². The first kappa shape index (κ1) is 49.6. The minimum atomic E-state index is -0.772. The summed E-state index contributed by atoms with van der Waals surface area (Å²) in [6.45, 7) is 6.46. The Morgan fingerprint density at radius 3 is 1.15 bits per heavy atom. The SMILES string of the molecule is CC\C=C/C=C\C=C/CCCCCCCC(=O)OCC(COC(=O)CCCCCCCCCCC)OC(=O)CCCCCCCCCCCCCC. The number of unbranched alkanes of at least 4 members (excludes halogenated alkanes) is 24. The molecule has 302 valence electrons. The van der Waals surface area contributed by atoms with Gasteiger partial charge in [-0.1, -0.05) is 198 Å². The minimum Gasteiger partial charge on any atom is -0.462 e. The smallest absolute Gasteiger partial charge is 0.306 e. The van der Waals surface area contributed by atoms with Crippen LogP contribution in [0.3, 0.4) is 0 Å². The molecule has 1 atom stereocenters. The van der Waals surface area contributed by atoms with Gasteiger partial charge in [-0.25, -0.2) is 0 Å². The summed E-state index contributed by atoms with van der Waals surface area (Å²) < 4.78 is 16.6. The third-order valence-electron chi connectivity index (χ3n) is 9.47. The molecule has 52 heavy (non-hydrogen) atoms. The topological polar surface area (TPSA) is 78.9 Å². The number of rotatable bonds is 39. The average molecular weight is 731 g/mol. The van der Waals surface area contributed by atoms with Crippen LogP contribution in [0.5, 0.6) is 0 Å². The van der Waals surface area contributed by atoms with Gasteiger partial charge < -0.3 is 14.2 Å². The molecular weight excluding hydrogens is 648 g/mol. The lowest BCUT2D eigenvalue weighted by atomic mass is 10.0. The molecule has 0 aromatic carbocycles. The van der Waals surface area contributed by atoms with Crippen molar-refractivity contribution in [3.63, 3.8) is 0 Å². The van der Waals surface area contributed by atoms with Crippen molar-refractivity contribution in [3.05, 3.63) is 36.5 Å². The summed E-state index contributed by atoms with van der Waals surface area (Å²) in [6.07, 6.45) is 45.5. The van der Waals surface area contributed by atoms with Gasteiger partial charge in [-0.2, -0.15) is 0 Å². The van der Waals surface area contributed by atoms with Gasteiger partial charge in [0.1, 0.15) is 13.2 Å². The Morgan fingerprint density at radius 1 is 0.404 bits per heavy atom. The Bertz CT molecular complexity index is 891. The fourth-order valence-electron chi connectivity index (χ4n) is 6.15. The molecule has 0 aliphatic carbocycles. The first-order valence-electron chi connectivity index (χ1n) is 22.0. The van der Waals surface area contributed by atoms with E-state index in [-0.39, 0.29) is 31.1 Å². The van der Waals surface area contributed by atoms with Gasteiger partial charge in [0.25, 0.3) is 0 Å². The van der Waals surface area contributed by atoms with Crippen molar-refractivity contribution < 1.29 is 28.6 Å². The second kappa shape index (κ2) is 41.4. The lowest BCUT2D eigenvalue weighted by molar-refractivity contribution is -0.167. The van der Waals surface area contributed by atoms with Crippen molar-refractivity contribution in [2.24, 2.45) is 0 Å². The van der Waals surface area contributed by atoms with Gasteiger partial charge in [0.15, 0.2) is 6.10 Å². The monoisotopic (exact) mass is 731 g/mol. The van der Waals surface area contributed by atoms with Gasteiger partial charge in [0.05, 0.1) is 0 Å². The van der Waals surface area contributed by atoms with Crippen LogP contribution < -0.4 is 0 Å². The molecule has 0 radical (unpaired) electrons. The molecule has 0 saturated carbocycles. The molecule has 0 aliphatic rings. The molecule has 0 rings (SSSR count). The largest absolute Gasteiger partial charge is 0.462 e. The van der Waals surface area contributed by atoms with Gasteiger partial charge in [0, 0.05) is 19.3 Å². The summed E-state index contributed by atoms with van der Waals surface area (Å²) in [5.74, 6) is -0.899. The summed E-state index contributed by atoms with van der Waals surface area (Å²) in [5.41, 5.74) is 0. The fraction of sp³-hybridized carbons (Fsp3) is 0.804. The molecule has 0 aliphatic heterocycles. The Hall–Kier alpha value is -2.37. The molecule has 0 aromatic rings. The lowest BCUT2D eigenvalue weighted by Gasteiger charge is -2.18. The fourth-order valence-corrected chi connectivity index (χ4v) is 6.15. The highest BCUT2D eigenvalue weighted by molar-refractivity contribution is 5.71. The number of carbonyl (C=O) groups is 3. The van der Waals surface area contributed by atoms with Crippen LogP contribution >= 0.6 is 0 Å². The second-order valence-electron chi connectivity index (χ2n) is 14.7. The number of carbonyl (C=O) groups excluding carboxylic acids is 3. The zero-order chi connectivity index (χ0) is 38.0. The van der Waals surface area contributed by atoms with E-state index in [4.69, 9.17) is 14.2 Å². The van der Waals surface area contributed by atoms with E-state index in [0.717, 1.165) is 83.5 Å². The van der Waals surface area contributed by atoms with Crippen molar-refractivity contribution in [2.45, 2.75) is 226 Å². The van der Waals surface area contributed by atoms with E-state index in [9.17, 15) is 14.4 Å². The lowest BCUT2D eigenvalue weighted by Crippen LogP contribution is -2.30. The van der Waals surface area contributed by atoms with Crippen LogP contribution in [0.2, 0.25) is 0 Å². The van der Waals surface area contributed by atoms with Gasteiger partial charge in [-0.15, -0.1) is 0 Å². The summed E-state index contributed by atoms with van der Waals surface area (Å²) in [6, 6.07) is 0. The third kappa shape index (κ3) is 38.9. The minimum absolute atomic E-state index is 0.0760. The molecule has 6 heteroatoms. The van der Waals surface area contributed by atoms with Crippen LogP contribution in [-0.4, -0.2) is 37.2 Å². The summed E-state index contributed by atoms with van der Waals surface area (Å²) in [4.78, 5) is 37.6. The van der Waals surface area contributed by atoms with Crippen molar-refractivity contribution in [1.29, 1.82) is 0 Å². The summed E-state index contributed by atoms with van der Waals surface area (Å²) >= 11 is 0. The number of ether oxygens (including phenoxy) is 3. The van der Waals surface area contributed by atoms with Crippen LogP contribution in [-0.2, 0) is 28.6 Å². The predicted octanol–water partition coefficient (Wildman–Crippen LogP) is 13.8. The molecule has 0 aromatic heterocycles. The Labute approximate surface area is 321 Å². The van der Waals surface area contributed by atoms with Gasteiger partial charge in [-0.05, 0) is 38.5 Å². The Balaban J connectivity index is 4.38. The maximum absolute atomic E-state index is 12.7. The normalized spacial score (nSPS) is 12.3. The van der Waals surface area contributed by atoms with E-state index in [1.807, 2.05) is 0 Å². The second-order valence-corrected chi connectivity index (χ2v) is 14.7. The molecular formula is C46H82O6. The molecule has 0 N–H and O–H groups in total. The molecule has 1 unspecified atom stereocenters. The number of hydrogen-bond donors (Lipinski definition) is 0. The zero-order valence-corrected chi connectivity index (χ0v) is 34.3.